The molecule has 0 bridgehead atoms. The average Bonchev–Trinajstić information content (AvgIpc) is 2.95. The molecule has 4 aromatic rings. The number of pyridine rings is 1. The molecule has 5 rings (SSSR count). The van der Waals surface area contributed by atoms with Crippen LogP contribution in [-0.4, -0.2) is 60.4 Å². The lowest BCUT2D eigenvalue weighted by atomic mass is 10.0. The maximum absolute atomic E-state index is 12.8. The van der Waals surface area contributed by atoms with E-state index >= 15 is 0 Å². The first-order valence-corrected chi connectivity index (χ1v) is 14.9. The highest BCUT2D eigenvalue weighted by Crippen LogP contribution is 2.38. The molecule has 0 aliphatic carbocycles. The Labute approximate surface area is 229 Å². The van der Waals surface area contributed by atoms with Gasteiger partial charge in [-0.25, -0.2) is 27.7 Å². The molecule has 10 heteroatoms. The monoisotopic (exact) mass is 546 g/mol. The molecule has 1 aliphatic rings. The summed E-state index contributed by atoms with van der Waals surface area (Å²) in [6.45, 7) is 6.13. The molecule has 3 heterocycles. The van der Waals surface area contributed by atoms with Gasteiger partial charge in [0.1, 0.15) is 5.75 Å². The van der Waals surface area contributed by atoms with Gasteiger partial charge in [-0.05, 0) is 61.0 Å². The second-order valence-electron chi connectivity index (χ2n) is 9.81. The largest absolute Gasteiger partial charge is 0.437 e. The van der Waals surface area contributed by atoms with Crippen LogP contribution >= 0.6 is 0 Å². The number of nitrogens with one attached hydrogen (secondary N) is 2. The predicted octanol–water partition coefficient (Wildman–Crippen LogP) is 4.74. The number of nitrogens with zero attached hydrogens (tertiary/aromatic N) is 4. The standard InChI is InChI=1S/C29H34N6O3S/c1-4-35(3)39(36,37)19-21-8-5-10-24-23(21)13-12-20(2)27(24)38-28-25(11-7-16-31-28)26-14-17-32-29(34-26)33-22-9-6-15-30-18-22/h5,7-8,10-14,16-17,22,30H,4,6,9,15,18-19H2,1-3H3,(H,32,33,34)/t22-/m0/s1. The van der Waals surface area contributed by atoms with Gasteiger partial charge in [0, 0.05) is 44.0 Å². The number of fused-ring (bicyclic) bond motifs is 1. The second-order valence-corrected chi connectivity index (χ2v) is 11.9. The van der Waals surface area contributed by atoms with Gasteiger partial charge in [0.25, 0.3) is 0 Å². The molecule has 2 aromatic heterocycles. The number of sulfonamides is 1. The van der Waals surface area contributed by atoms with E-state index in [0.717, 1.165) is 53.4 Å². The molecule has 2 aromatic carbocycles. The van der Waals surface area contributed by atoms with Crippen LogP contribution in [0.5, 0.6) is 11.6 Å². The molecule has 0 amide bonds. The normalized spacial score (nSPS) is 15.9. The van der Waals surface area contributed by atoms with Crippen LogP contribution < -0.4 is 15.4 Å². The zero-order chi connectivity index (χ0) is 27.4. The van der Waals surface area contributed by atoms with E-state index in [2.05, 4.69) is 20.6 Å². The Kier molecular flexibility index (Phi) is 8.06. The smallest absolute Gasteiger partial charge is 0.228 e. The van der Waals surface area contributed by atoms with Gasteiger partial charge in [-0.3, -0.25) is 0 Å². The first-order chi connectivity index (χ1) is 18.9. The molecule has 0 spiro atoms. The van der Waals surface area contributed by atoms with Crippen molar-refractivity contribution in [2.24, 2.45) is 0 Å². The maximum Gasteiger partial charge on any atom is 0.228 e. The molecule has 0 radical (unpaired) electrons. The molecule has 1 saturated heterocycles. The van der Waals surface area contributed by atoms with Gasteiger partial charge in [0.2, 0.25) is 21.9 Å². The Bertz CT molecular complexity index is 1570. The van der Waals surface area contributed by atoms with Crippen molar-refractivity contribution in [1.29, 1.82) is 0 Å². The van der Waals surface area contributed by atoms with Crippen molar-refractivity contribution in [2.45, 2.75) is 38.5 Å². The van der Waals surface area contributed by atoms with Crippen LogP contribution in [0.3, 0.4) is 0 Å². The van der Waals surface area contributed by atoms with E-state index in [1.807, 2.05) is 62.4 Å². The summed E-state index contributed by atoms with van der Waals surface area (Å²) < 4.78 is 33.5. The van der Waals surface area contributed by atoms with Crippen LogP contribution in [0.25, 0.3) is 22.0 Å². The first kappa shape index (κ1) is 27.0. The zero-order valence-corrected chi connectivity index (χ0v) is 23.3. The van der Waals surface area contributed by atoms with E-state index < -0.39 is 10.0 Å². The van der Waals surface area contributed by atoms with Crippen LogP contribution in [0, 0.1) is 6.92 Å². The van der Waals surface area contributed by atoms with Crippen molar-refractivity contribution in [3.05, 3.63) is 72.1 Å². The number of hydrogen-bond acceptors (Lipinski definition) is 8. The minimum Gasteiger partial charge on any atom is -0.437 e. The lowest BCUT2D eigenvalue weighted by Crippen LogP contribution is -2.38. The van der Waals surface area contributed by atoms with Crippen LogP contribution in [0.1, 0.15) is 30.9 Å². The van der Waals surface area contributed by atoms with Crippen molar-refractivity contribution >= 4 is 26.7 Å². The molecule has 1 atom stereocenters. The Balaban J connectivity index is 1.49. The van der Waals surface area contributed by atoms with Gasteiger partial charge in [-0.2, -0.15) is 0 Å². The number of aromatic nitrogens is 3. The van der Waals surface area contributed by atoms with Crippen molar-refractivity contribution in [2.75, 3.05) is 32.0 Å². The first-order valence-electron chi connectivity index (χ1n) is 13.2. The highest BCUT2D eigenvalue weighted by Gasteiger charge is 2.21. The predicted molar refractivity (Wildman–Crippen MR) is 154 cm³/mol. The van der Waals surface area contributed by atoms with E-state index in [1.54, 1.807) is 19.4 Å². The number of aryl methyl sites for hydroxylation is 1. The Morgan fingerprint density at radius 2 is 1.95 bits per heavy atom. The number of rotatable bonds is 9. The summed E-state index contributed by atoms with van der Waals surface area (Å²) in [6.07, 6.45) is 5.61. The maximum atomic E-state index is 12.8. The minimum atomic E-state index is -3.44. The van der Waals surface area contributed by atoms with Gasteiger partial charge in [0.05, 0.1) is 17.0 Å². The fraction of sp³-hybridized carbons (Fsp3) is 0.345. The number of benzene rings is 2. The molecule has 9 nitrogen and oxygen atoms in total. The second kappa shape index (κ2) is 11.6. The number of piperidine rings is 1. The Morgan fingerprint density at radius 3 is 2.74 bits per heavy atom. The van der Waals surface area contributed by atoms with Gasteiger partial charge in [-0.15, -0.1) is 0 Å². The van der Waals surface area contributed by atoms with E-state index in [1.165, 1.54) is 4.31 Å². The van der Waals surface area contributed by atoms with Gasteiger partial charge in [0.15, 0.2) is 0 Å². The number of ether oxygens (including phenoxy) is 1. The highest BCUT2D eigenvalue weighted by atomic mass is 32.2. The number of anilines is 1. The Hall–Kier alpha value is -3.60. The summed E-state index contributed by atoms with van der Waals surface area (Å²) in [7, 11) is -1.84. The summed E-state index contributed by atoms with van der Waals surface area (Å²) in [4.78, 5) is 13.7. The lowest BCUT2D eigenvalue weighted by molar-refractivity contribution is 0.466. The Morgan fingerprint density at radius 1 is 1.08 bits per heavy atom. The van der Waals surface area contributed by atoms with Crippen LogP contribution in [0.15, 0.2) is 60.9 Å². The molecule has 1 fully saturated rings. The van der Waals surface area contributed by atoms with E-state index in [0.29, 0.717) is 29.8 Å². The van der Waals surface area contributed by atoms with E-state index in [9.17, 15) is 8.42 Å². The molecule has 39 heavy (non-hydrogen) atoms. The fourth-order valence-corrected chi connectivity index (χ4v) is 6.03. The molecular formula is C29H34N6O3S. The zero-order valence-electron chi connectivity index (χ0n) is 22.5. The molecule has 204 valence electrons. The molecule has 0 unspecified atom stereocenters. The van der Waals surface area contributed by atoms with Crippen LogP contribution in [0.2, 0.25) is 0 Å². The minimum absolute atomic E-state index is 0.0841. The summed E-state index contributed by atoms with van der Waals surface area (Å²) >= 11 is 0. The average molecular weight is 547 g/mol. The van der Waals surface area contributed by atoms with Gasteiger partial charge >= 0.3 is 0 Å². The molecule has 0 saturated carbocycles. The van der Waals surface area contributed by atoms with Gasteiger partial charge < -0.3 is 15.4 Å². The third kappa shape index (κ3) is 6.03. The van der Waals surface area contributed by atoms with Crippen molar-refractivity contribution < 1.29 is 13.2 Å². The van der Waals surface area contributed by atoms with Crippen LogP contribution in [0.4, 0.5) is 5.95 Å². The summed E-state index contributed by atoms with van der Waals surface area (Å²) in [5.41, 5.74) is 3.08. The molecule has 1 aliphatic heterocycles. The highest BCUT2D eigenvalue weighted by molar-refractivity contribution is 7.88. The third-order valence-corrected chi connectivity index (χ3v) is 8.97. The van der Waals surface area contributed by atoms with Crippen molar-refractivity contribution in [1.82, 2.24) is 24.6 Å². The summed E-state index contributed by atoms with van der Waals surface area (Å²) in [5.74, 6) is 1.54. The van der Waals surface area contributed by atoms with Crippen molar-refractivity contribution in [3.8, 4) is 22.9 Å². The number of hydrogen-bond donors (Lipinski definition) is 2. The fourth-order valence-electron chi connectivity index (χ4n) is 4.77. The molecular weight excluding hydrogens is 512 g/mol. The SMILES string of the molecule is CCN(C)S(=O)(=O)Cc1cccc2c(Oc3ncccc3-c3ccnc(N[C@H]4CCCNC4)n3)c(C)ccc12. The van der Waals surface area contributed by atoms with Crippen LogP contribution in [-0.2, 0) is 15.8 Å². The van der Waals surface area contributed by atoms with E-state index in [-0.39, 0.29) is 11.8 Å². The third-order valence-electron chi connectivity index (χ3n) is 7.09. The topological polar surface area (TPSA) is 109 Å². The van der Waals surface area contributed by atoms with E-state index in [4.69, 9.17) is 9.72 Å². The summed E-state index contributed by atoms with van der Waals surface area (Å²) in [5, 5.41) is 8.49. The molecule has 2 N–H and O–H groups in total. The quantitative estimate of drug-likeness (QED) is 0.310. The summed E-state index contributed by atoms with van der Waals surface area (Å²) in [6, 6.07) is 15.5. The lowest BCUT2D eigenvalue weighted by Gasteiger charge is -2.23. The van der Waals surface area contributed by atoms with Gasteiger partial charge in [-0.1, -0.05) is 37.3 Å². The van der Waals surface area contributed by atoms with Crippen molar-refractivity contribution in [3.63, 3.8) is 0 Å².